The van der Waals surface area contributed by atoms with Crippen LogP contribution in [0.25, 0.3) is 22.1 Å². The van der Waals surface area contributed by atoms with Crippen LogP contribution in [0, 0.1) is 0 Å². The van der Waals surface area contributed by atoms with Gasteiger partial charge in [0.25, 0.3) is 5.91 Å². The van der Waals surface area contributed by atoms with Crippen molar-refractivity contribution in [1.29, 1.82) is 0 Å². The number of carbonyl (C=O) groups is 1. The van der Waals surface area contributed by atoms with Crippen molar-refractivity contribution in [2.24, 2.45) is 0 Å². The van der Waals surface area contributed by atoms with Crippen molar-refractivity contribution in [2.45, 2.75) is 12.5 Å². The minimum Gasteiger partial charge on any atom is -0.335 e. The minimum atomic E-state index is -0.0600. The number of imidazole rings is 1. The van der Waals surface area contributed by atoms with E-state index in [0.29, 0.717) is 18.8 Å². The number of aromatic nitrogens is 4. The lowest BCUT2D eigenvalue weighted by molar-refractivity contribution is 0.0782. The van der Waals surface area contributed by atoms with Gasteiger partial charge < -0.3 is 9.47 Å². The van der Waals surface area contributed by atoms with E-state index in [1.165, 1.54) is 0 Å². The molecule has 1 aliphatic rings. The molecule has 1 atom stereocenters. The van der Waals surface area contributed by atoms with Crippen LogP contribution in [-0.2, 0) is 0 Å². The van der Waals surface area contributed by atoms with Crippen molar-refractivity contribution in [3.05, 3.63) is 66.7 Å². The Labute approximate surface area is 150 Å². The molecule has 0 spiro atoms. The van der Waals surface area contributed by atoms with Crippen molar-refractivity contribution in [3.63, 3.8) is 0 Å². The predicted molar refractivity (Wildman–Crippen MR) is 98.8 cm³/mol. The normalized spacial score (nSPS) is 17.2. The van der Waals surface area contributed by atoms with Gasteiger partial charge in [-0.3, -0.25) is 9.78 Å². The molecule has 0 aliphatic carbocycles. The first-order valence-electron chi connectivity index (χ1n) is 8.72. The Bertz CT molecular complexity index is 1120. The van der Waals surface area contributed by atoms with Crippen LogP contribution in [0.5, 0.6) is 0 Å². The fraction of sp³-hybridized carbons (Fsp3) is 0.200. The van der Waals surface area contributed by atoms with Crippen LogP contribution in [0.3, 0.4) is 0 Å². The van der Waals surface area contributed by atoms with E-state index in [9.17, 15) is 4.79 Å². The first kappa shape index (κ1) is 15.0. The molecule has 128 valence electrons. The van der Waals surface area contributed by atoms with Crippen LogP contribution in [-0.4, -0.2) is 43.4 Å². The second-order valence-corrected chi connectivity index (χ2v) is 6.58. The molecule has 2 aromatic heterocycles. The molecular formula is C20H17N5O. The average molecular weight is 343 g/mol. The van der Waals surface area contributed by atoms with E-state index in [1.54, 1.807) is 6.20 Å². The van der Waals surface area contributed by atoms with E-state index < -0.39 is 0 Å². The summed E-state index contributed by atoms with van der Waals surface area (Å²) in [4.78, 5) is 28.0. The topological polar surface area (TPSA) is 63.9 Å². The second-order valence-electron chi connectivity index (χ2n) is 6.58. The molecule has 1 fully saturated rings. The maximum absolute atomic E-state index is 12.9. The van der Waals surface area contributed by atoms with Gasteiger partial charge in [0, 0.05) is 13.1 Å². The molecule has 1 aliphatic heterocycles. The Hall–Kier alpha value is -3.28. The number of amides is 1. The summed E-state index contributed by atoms with van der Waals surface area (Å²) >= 11 is 0. The Balaban J connectivity index is 1.40. The summed E-state index contributed by atoms with van der Waals surface area (Å²) in [5.41, 5.74) is 4.04. The third-order valence-electron chi connectivity index (χ3n) is 4.99. The number of para-hydroxylation sites is 4. The van der Waals surface area contributed by atoms with Gasteiger partial charge in [-0.15, -0.1) is 0 Å². The highest BCUT2D eigenvalue weighted by Crippen LogP contribution is 2.26. The Morgan fingerprint density at radius 2 is 1.73 bits per heavy atom. The molecule has 0 bridgehead atoms. The molecule has 1 amide bonds. The summed E-state index contributed by atoms with van der Waals surface area (Å²) in [5.74, 6) is -0.0600. The summed E-state index contributed by atoms with van der Waals surface area (Å²) < 4.78 is 2.18. The number of benzene rings is 2. The third-order valence-corrected chi connectivity index (χ3v) is 4.99. The molecule has 26 heavy (non-hydrogen) atoms. The van der Waals surface area contributed by atoms with E-state index in [-0.39, 0.29) is 11.9 Å². The Kier molecular flexibility index (Phi) is 3.41. The summed E-state index contributed by atoms with van der Waals surface area (Å²) in [7, 11) is 0. The van der Waals surface area contributed by atoms with E-state index >= 15 is 0 Å². The summed E-state index contributed by atoms with van der Waals surface area (Å²) in [6.07, 6.45) is 4.36. The highest BCUT2D eigenvalue weighted by Gasteiger charge is 2.29. The van der Waals surface area contributed by atoms with Gasteiger partial charge >= 0.3 is 0 Å². The number of rotatable bonds is 2. The first-order chi connectivity index (χ1) is 12.8. The lowest BCUT2D eigenvalue weighted by Crippen LogP contribution is -2.29. The summed E-state index contributed by atoms with van der Waals surface area (Å²) in [5, 5.41) is 0. The molecule has 4 aromatic rings. The van der Waals surface area contributed by atoms with Crippen molar-refractivity contribution >= 4 is 28.0 Å². The number of carbonyl (C=O) groups excluding carboxylic acids is 1. The van der Waals surface area contributed by atoms with E-state index in [2.05, 4.69) is 25.6 Å². The monoisotopic (exact) mass is 343 g/mol. The van der Waals surface area contributed by atoms with Crippen molar-refractivity contribution in [3.8, 4) is 0 Å². The molecule has 6 nitrogen and oxygen atoms in total. The molecule has 2 aromatic carbocycles. The highest BCUT2D eigenvalue weighted by molar-refractivity contribution is 5.94. The van der Waals surface area contributed by atoms with Crippen LogP contribution in [0.4, 0.5) is 0 Å². The molecule has 1 unspecified atom stereocenters. The number of likely N-dealkylation sites (tertiary alicyclic amines) is 1. The molecule has 3 heterocycles. The lowest BCUT2D eigenvalue weighted by atomic mass is 10.2. The van der Waals surface area contributed by atoms with E-state index in [4.69, 9.17) is 0 Å². The molecule has 0 saturated carbocycles. The Morgan fingerprint density at radius 1 is 0.962 bits per heavy atom. The van der Waals surface area contributed by atoms with Gasteiger partial charge in [-0.05, 0) is 30.7 Å². The zero-order valence-electron chi connectivity index (χ0n) is 14.1. The SMILES string of the molecule is O=C(c1cnc2ccccc2n1)N1CCC(n2cnc3ccccc32)C1. The highest BCUT2D eigenvalue weighted by atomic mass is 16.2. The van der Waals surface area contributed by atoms with Gasteiger partial charge in [0.05, 0.1) is 40.6 Å². The predicted octanol–water partition coefficient (Wildman–Crippen LogP) is 3.07. The van der Waals surface area contributed by atoms with Gasteiger partial charge in [0.2, 0.25) is 0 Å². The quantitative estimate of drug-likeness (QED) is 0.561. The van der Waals surface area contributed by atoms with Crippen LogP contribution in [0.2, 0.25) is 0 Å². The van der Waals surface area contributed by atoms with E-state index in [1.807, 2.05) is 53.7 Å². The molecule has 5 rings (SSSR count). The molecule has 0 N–H and O–H groups in total. The van der Waals surface area contributed by atoms with Crippen LogP contribution < -0.4 is 0 Å². The zero-order valence-corrected chi connectivity index (χ0v) is 14.1. The average Bonchev–Trinajstić information content (AvgIpc) is 3.34. The molecule has 6 heteroatoms. The summed E-state index contributed by atoms with van der Waals surface area (Å²) in [6, 6.07) is 15.9. The first-order valence-corrected chi connectivity index (χ1v) is 8.72. The molecule has 1 saturated heterocycles. The van der Waals surface area contributed by atoms with Crippen molar-refractivity contribution in [1.82, 2.24) is 24.4 Å². The van der Waals surface area contributed by atoms with E-state index in [0.717, 1.165) is 28.5 Å². The van der Waals surface area contributed by atoms with Crippen LogP contribution in [0.15, 0.2) is 61.1 Å². The maximum atomic E-state index is 12.9. The lowest BCUT2D eigenvalue weighted by Gasteiger charge is -2.17. The number of nitrogens with zero attached hydrogens (tertiary/aromatic N) is 5. The molecule has 0 radical (unpaired) electrons. The fourth-order valence-corrected chi connectivity index (χ4v) is 3.64. The Morgan fingerprint density at radius 3 is 2.62 bits per heavy atom. The maximum Gasteiger partial charge on any atom is 0.274 e. The summed E-state index contributed by atoms with van der Waals surface area (Å²) in [6.45, 7) is 1.37. The van der Waals surface area contributed by atoms with Gasteiger partial charge in [-0.25, -0.2) is 9.97 Å². The zero-order chi connectivity index (χ0) is 17.5. The number of hydrogen-bond donors (Lipinski definition) is 0. The third kappa shape index (κ3) is 2.42. The van der Waals surface area contributed by atoms with Gasteiger partial charge in [0.15, 0.2) is 0 Å². The molecular weight excluding hydrogens is 326 g/mol. The standard InChI is InChI=1S/C20H17N5O/c26-20(18-11-21-15-5-1-2-6-16(15)23-18)24-10-9-14(12-24)25-13-22-17-7-3-4-8-19(17)25/h1-8,11,13-14H,9-10,12H2. The van der Waals surface area contributed by atoms with Gasteiger partial charge in [-0.2, -0.15) is 0 Å². The van der Waals surface area contributed by atoms with Crippen molar-refractivity contribution < 1.29 is 4.79 Å². The largest absolute Gasteiger partial charge is 0.335 e. The number of hydrogen-bond acceptors (Lipinski definition) is 4. The van der Waals surface area contributed by atoms with Crippen molar-refractivity contribution in [2.75, 3.05) is 13.1 Å². The number of fused-ring (bicyclic) bond motifs is 2. The van der Waals surface area contributed by atoms with Gasteiger partial charge in [-0.1, -0.05) is 24.3 Å². The van der Waals surface area contributed by atoms with Crippen LogP contribution >= 0.6 is 0 Å². The minimum absolute atomic E-state index is 0.0600. The van der Waals surface area contributed by atoms with Crippen LogP contribution in [0.1, 0.15) is 23.0 Å². The smallest absolute Gasteiger partial charge is 0.274 e. The fourth-order valence-electron chi connectivity index (χ4n) is 3.64. The van der Waals surface area contributed by atoms with Gasteiger partial charge in [0.1, 0.15) is 5.69 Å². The second kappa shape index (κ2) is 5.91.